The molecule has 0 bridgehead atoms. The van der Waals surface area contributed by atoms with Crippen molar-refractivity contribution in [1.82, 2.24) is 0 Å². The summed E-state index contributed by atoms with van der Waals surface area (Å²) in [7, 11) is 1.57. The van der Waals surface area contributed by atoms with Gasteiger partial charge in [-0.2, -0.15) is 0 Å². The molecule has 3 aromatic rings. The van der Waals surface area contributed by atoms with Gasteiger partial charge in [0.1, 0.15) is 12.3 Å². The predicted octanol–water partition coefficient (Wildman–Crippen LogP) is 3.45. The van der Waals surface area contributed by atoms with Crippen molar-refractivity contribution in [1.29, 1.82) is 0 Å². The maximum Gasteiger partial charge on any atom is 0.259 e. The second-order valence-electron chi connectivity index (χ2n) is 5.85. The zero-order valence-corrected chi connectivity index (χ0v) is 13.7. The highest BCUT2D eigenvalue weighted by Crippen LogP contribution is 2.36. The van der Waals surface area contributed by atoms with Crippen molar-refractivity contribution >= 4 is 34.0 Å². The summed E-state index contributed by atoms with van der Waals surface area (Å²) in [5.74, 6) is 0.256. The van der Waals surface area contributed by atoms with Crippen molar-refractivity contribution in [3.63, 3.8) is 0 Å². The van der Waals surface area contributed by atoms with Gasteiger partial charge in [-0.1, -0.05) is 30.3 Å². The average molecular weight is 332 g/mol. The minimum atomic E-state index is -0.258. The molecular weight excluding hydrogens is 316 g/mol. The standard InChI is InChI=1S/C20H16N2O3/c1-25-15-8-4-7-14(11-15)21-18(23)12-22-17-10-3-6-13-5-2-9-16(19(13)17)20(22)24/h2-11H,12H2,1H3,(H,21,23). The largest absolute Gasteiger partial charge is 0.497 e. The molecule has 124 valence electrons. The molecule has 0 radical (unpaired) electrons. The maximum absolute atomic E-state index is 12.7. The van der Waals surface area contributed by atoms with Crippen LogP contribution < -0.4 is 15.0 Å². The first kappa shape index (κ1) is 15.2. The van der Waals surface area contributed by atoms with E-state index in [9.17, 15) is 9.59 Å². The zero-order valence-electron chi connectivity index (χ0n) is 13.7. The van der Waals surface area contributed by atoms with Crippen molar-refractivity contribution in [2.75, 3.05) is 23.9 Å². The molecule has 2 amide bonds. The van der Waals surface area contributed by atoms with E-state index in [0.29, 0.717) is 17.0 Å². The van der Waals surface area contributed by atoms with Gasteiger partial charge in [-0.25, -0.2) is 0 Å². The normalized spacial score (nSPS) is 12.5. The van der Waals surface area contributed by atoms with Crippen LogP contribution in [0, 0.1) is 0 Å². The van der Waals surface area contributed by atoms with E-state index < -0.39 is 0 Å². The summed E-state index contributed by atoms with van der Waals surface area (Å²) in [5.41, 5.74) is 2.05. The van der Waals surface area contributed by atoms with Crippen LogP contribution in [0.15, 0.2) is 60.7 Å². The van der Waals surface area contributed by atoms with Crippen LogP contribution in [0.1, 0.15) is 10.4 Å². The highest BCUT2D eigenvalue weighted by molar-refractivity contribution is 6.26. The Morgan fingerprint density at radius 2 is 1.84 bits per heavy atom. The lowest BCUT2D eigenvalue weighted by Gasteiger charge is -2.17. The van der Waals surface area contributed by atoms with Gasteiger partial charge in [0.05, 0.1) is 12.8 Å². The molecule has 0 fully saturated rings. The number of carbonyl (C=O) groups is 2. The van der Waals surface area contributed by atoms with Crippen molar-refractivity contribution in [3.8, 4) is 5.75 Å². The van der Waals surface area contributed by atoms with Crippen LogP contribution in [-0.4, -0.2) is 25.5 Å². The Bertz CT molecular complexity index is 992. The molecular formula is C20H16N2O3. The molecule has 1 aliphatic rings. The average Bonchev–Trinajstić information content (AvgIpc) is 2.90. The molecule has 0 spiro atoms. The van der Waals surface area contributed by atoms with Gasteiger partial charge < -0.3 is 10.1 Å². The molecule has 1 aliphatic heterocycles. The number of benzene rings is 3. The number of methoxy groups -OCH3 is 1. The van der Waals surface area contributed by atoms with Gasteiger partial charge in [0, 0.05) is 22.7 Å². The summed E-state index contributed by atoms with van der Waals surface area (Å²) < 4.78 is 5.15. The Labute approximate surface area is 144 Å². The number of nitrogens with one attached hydrogen (secondary N) is 1. The summed E-state index contributed by atoms with van der Waals surface area (Å²) in [6.07, 6.45) is 0. The van der Waals surface area contributed by atoms with Gasteiger partial charge >= 0.3 is 0 Å². The molecule has 1 heterocycles. The smallest absolute Gasteiger partial charge is 0.259 e. The molecule has 0 saturated carbocycles. The fraction of sp³-hybridized carbons (Fsp3) is 0.100. The van der Waals surface area contributed by atoms with Gasteiger partial charge in [0.25, 0.3) is 5.91 Å². The van der Waals surface area contributed by atoms with E-state index in [2.05, 4.69) is 5.32 Å². The topological polar surface area (TPSA) is 58.6 Å². The predicted molar refractivity (Wildman–Crippen MR) is 97.2 cm³/mol. The van der Waals surface area contributed by atoms with Crippen molar-refractivity contribution in [3.05, 3.63) is 66.2 Å². The highest BCUT2D eigenvalue weighted by atomic mass is 16.5. The van der Waals surface area contributed by atoms with E-state index in [1.165, 1.54) is 4.90 Å². The molecule has 0 aromatic heterocycles. The van der Waals surface area contributed by atoms with Crippen LogP contribution in [0.5, 0.6) is 5.75 Å². The van der Waals surface area contributed by atoms with Crippen LogP contribution in [0.25, 0.3) is 10.8 Å². The van der Waals surface area contributed by atoms with E-state index in [1.807, 2.05) is 30.3 Å². The van der Waals surface area contributed by atoms with E-state index in [-0.39, 0.29) is 18.4 Å². The Morgan fingerprint density at radius 3 is 2.64 bits per heavy atom. The Hall–Kier alpha value is -3.34. The molecule has 0 saturated heterocycles. The number of rotatable bonds is 4. The molecule has 0 atom stereocenters. The third-order valence-electron chi connectivity index (χ3n) is 4.30. The quantitative estimate of drug-likeness (QED) is 0.796. The summed E-state index contributed by atoms with van der Waals surface area (Å²) >= 11 is 0. The summed E-state index contributed by atoms with van der Waals surface area (Å²) in [4.78, 5) is 26.7. The van der Waals surface area contributed by atoms with Crippen LogP contribution in [0.4, 0.5) is 11.4 Å². The minimum absolute atomic E-state index is 0.0379. The second kappa shape index (κ2) is 5.94. The number of anilines is 2. The fourth-order valence-electron chi connectivity index (χ4n) is 3.18. The second-order valence-corrected chi connectivity index (χ2v) is 5.85. The van der Waals surface area contributed by atoms with Crippen LogP contribution in [0.2, 0.25) is 0 Å². The van der Waals surface area contributed by atoms with E-state index in [4.69, 9.17) is 4.74 Å². The number of amides is 2. The van der Waals surface area contributed by atoms with E-state index >= 15 is 0 Å². The molecule has 5 heteroatoms. The van der Waals surface area contributed by atoms with Crippen LogP contribution in [0.3, 0.4) is 0 Å². The third kappa shape index (κ3) is 2.59. The fourth-order valence-corrected chi connectivity index (χ4v) is 3.18. The summed E-state index contributed by atoms with van der Waals surface area (Å²) in [6, 6.07) is 18.5. The third-order valence-corrected chi connectivity index (χ3v) is 4.30. The lowest BCUT2D eigenvalue weighted by atomic mass is 10.1. The molecule has 1 N–H and O–H groups in total. The highest BCUT2D eigenvalue weighted by Gasteiger charge is 2.30. The van der Waals surface area contributed by atoms with Crippen molar-refractivity contribution in [2.45, 2.75) is 0 Å². The first-order valence-corrected chi connectivity index (χ1v) is 7.95. The number of nitrogens with zero attached hydrogens (tertiary/aromatic N) is 1. The van der Waals surface area contributed by atoms with Gasteiger partial charge in [-0.3, -0.25) is 14.5 Å². The van der Waals surface area contributed by atoms with Gasteiger partial charge in [-0.05, 0) is 29.7 Å². The van der Waals surface area contributed by atoms with Crippen molar-refractivity contribution < 1.29 is 14.3 Å². The Balaban J connectivity index is 1.58. The van der Waals surface area contributed by atoms with Crippen LogP contribution in [-0.2, 0) is 4.79 Å². The van der Waals surface area contributed by atoms with Crippen LogP contribution >= 0.6 is 0 Å². The Morgan fingerprint density at radius 1 is 1.08 bits per heavy atom. The SMILES string of the molecule is COc1cccc(NC(=O)CN2C(=O)c3cccc4cccc2c34)c1. The minimum Gasteiger partial charge on any atom is -0.497 e. The lowest BCUT2D eigenvalue weighted by Crippen LogP contribution is -2.35. The first-order valence-electron chi connectivity index (χ1n) is 7.95. The maximum atomic E-state index is 12.7. The van der Waals surface area contributed by atoms with Gasteiger partial charge in [-0.15, -0.1) is 0 Å². The van der Waals surface area contributed by atoms with Gasteiger partial charge in [0.2, 0.25) is 5.91 Å². The Kier molecular flexibility index (Phi) is 3.61. The molecule has 5 nitrogen and oxygen atoms in total. The number of hydrogen-bond acceptors (Lipinski definition) is 3. The van der Waals surface area contributed by atoms with Crippen molar-refractivity contribution in [2.24, 2.45) is 0 Å². The molecule has 0 unspecified atom stereocenters. The number of hydrogen-bond donors (Lipinski definition) is 1. The lowest BCUT2D eigenvalue weighted by molar-refractivity contribution is -0.114. The zero-order chi connectivity index (χ0) is 17.4. The van der Waals surface area contributed by atoms with Gasteiger partial charge in [0.15, 0.2) is 0 Å². The summed E-state index contributed by atoms with van der Waals surface area (Å²) in [5, 5.41) is 4.72. The van der Waals surface area contributed by atoms with E-state index in [1.54, 1.807) is 37.4 Å². The van der Waals surface area contributed by atoms with E-state index in [0.717, 1.165) is 16.5 Å². The molecule has 0 aliphatic carbocycles. The monoisotopic (exact) mass is 332 g/mol. The number of carbonyl (C=O) groups excluding carboxylic acids is 2. The molecule has 25 heavy (non-hydrogen) atoms. The first-order chi connectivity index (χ1) is 12.2. The summed E-state index contributed by atoms with van der Waals surface area (Å²) in [6.45, 7) is -0.0379. The molecule has 4 rings (SSSR count). The molecule has 3 aromatic carbocycles. The number of ether oxygens (including phenoxy) is 1.